The molecule has 4 rings (SSSR count). The van der Waals surface area contributed by atoms with Crippen LogP contribution in [0.15, 0.2) is 71.6 Å². The summed E-state index contributed by atoms with van der Waals surface area (Å²) < 4.78 is 0. The summed E-state index contributed by atoms with van der Waals surface area (Å²) in [5.41, 5.74) is 1.05. The van der Waals surface area contributed by atoms with Crippen LogP contribution in [-0.4, -0.2) is 29.0 Å². The smallest absolute Gasteiger partial charge is 0.261 e. The van der Waals surface area contributed by atoms with Crippen molar-refractivity contribution in [1.82, 2.24) is 4.90 Å². The van der Waals surface area contributed by atoms with Crippen molar-refractivity contribution in [2.24, 2.45) is 0 Å². The molecule has 1 heterocycles. The highest BCUT2D eigenvalue weighted by Gasteiger charge is 2.34. The van der Waals surface area contributed by atoms with E-state index < -0.39 is 0 Å². The Bertz CT molecular complexity index is 932. The SMILES string of the molecule is O=C1c2ccccc2C(=O)N1CCCSc1ccc2ccccc2c1. The molecule has 124 valence electrons. The van der Waals surface area contributed by atoms with E-state index in [1.807, 2.05) is 12.1 Å². The zero-order valence-electron chi connectivity index (χ0n) is 13.6. The first-order valence-corrected chi connectivity index (χ1v) is 9.29. The predicted octanol–water partition coefficient (Wildman–Crippen LogP) is 4.62. The van der Waals surface area contributed by atoms with Crippen LogP contribution in [0.5, 0.6) is 0 Å². The van der Waals surface area contributed by atoms with Gasteiger partial charge in [0.05, 0.1) is 11.1 Å². The number of hydrogen-bond donors (Lipinski definition) is 0. The lowest BCUT2D eigenvalue weighted by atomic mass is 10.1. The summed E-state index contributed by atoms with van der Waals surface area (Å²) in [6.07, 6.45) is 0.781. The molecule has 0 saturated carbocycles. The van der Waals surface area contributed by atoms with Crippen molar-refractivity contribution < 1.29 is 9.59 Å². The Labute approximate surface area is 150 Å². The van der Waals surface area contributed by atoms with Gasteiger partial charge in [-0.2, -0.15) is 0 Å². The van der Waals surface area contributed by atoms with Crippen LogP contribution in [0.3, 0.4) is 0 Å². The maximum absolute atomic E-state index is 12.3. The van der Waals surface area contributed by atoms with Gasteiger partial charge in [0.25, 0.3) is 11.8 Å². The van der Waals surface area contributed by atoms with Crippen LogP contribution in [0.2, 0.25) is 0 Å². The van der Waals surface area contributed by atoms with Crippen molar-refractivity contribution in [3.05, 3.63) is 77.9 Å². The molecule has 3 aromatic carbocycles. The monoisotopic (exact) mass is 347 g/mol. The number of imide groups is 1. The minimum Gasteiger partial charge on any atom is -0.274 e. The summed E-state index contributed by atoms with van der Waals surface area (Å²) >= 11 is 1.76. The van der Waals surface area contributed by atoms with E-state index in [0.717, 1.165) is 12.2 Å². The predicted molar refractivity (Wildman–Crippen MR) is 101 cm³/mol. The lowest BCUT2D eigenvalue weighted by molar-refractivity contribution is 0.0655. The molecule has 0 atom stereocenters. The highest BCUT2D eigenvalue weighted by molar-refractivity contribution is 7.99. The molecule has 25 heavy (non-hydrogen) atoms. The van der Waals surface area contributed by atoms with E-state index in [1.165, 1.54) is 20.6 Å². The van der Waals surface area contributed by atoms with Crippen LogP contribution in [0.1, 0.15) is 27.1 Å². The van der Waals surface area contributed by atoms with Gasteiger partial charge in [-0.15, -0.1) is 11.8 Å². The lowest BCUT2D eigenvalue weighted by Crippen LogP contribution is -2.30. The molecule has 1 aliphatic heterocycles. The second kappa shape index (κ2) is 6.73. The van der Waals surface area contributed by atoms with Gasteiger partial charge in [0.15, 0.2) is 0 Å². The zero-order valence-corrected chi connectivity index (χ0v) is 14.5. The van der Waals surface area contributed by atoms with Crippen molar-refractivity contribution in [3.8, 4) is 0 Å². The molecule has 0 saturated heterocycles. The first kappa shape index (κ1) is 15.9. The van der Waals surface area contributed by atoms with E-state index in [9.17, 15) is 9.59 Å². The van der Waals surface area contributed by atoms with Crippen molar-refractivity contribution >= 4 is 34.3 Å². The molecule has 0 radical (unpaired) electrons. The minimum absolute atomic E-state index is 0.170. The van der Waals surface area contributed by atoms with Gasteiger partial charge >= 0.3 is 0 Å². The van der Waals surface area contributed by atoms with Gasteiger partial charge in [0, 0.05) is 11.4 Å². The number of benzene rings is 3. The number of carbonyl (C=O) groups excluding carboxylic acids is 2. The Balaban J connectivity index is 1.35. The average Bonchev–Trinajstić information content (AvgIpc) is 2.90. The molecule has 0 aliphatic carbocycles. The molecule has 0 spiro atoms. The average molecular weight is 347 g/mol. The molecule has 4 heteroatoms. The second-order valence-electron chi connectivity index (χ2n) is 6.02. The Kier molecular flexibility index (Phi) is 4.28. The summed E-state index contributed by atoms with van der Waals surface area (Å²) in [4.78, 5) is 27.2. The third kappa shape index (κ3) is 3.05. The number of amides is 2. The van der Waals surface area contributed by atoms with Crippen molar-refractivity contribution in [2.45, 2.75) is 11.3 Å². The van der Waals surface area contributed by atoms with E-state index in [0.29, 0.717) is 17.7 Å². The third-order valence-corrected chi connectivity index (χ3v) is 5.47. The van der Waals surface area contributed by atoms with Gasteiger partial charge in [-0.1, -0.05) is 42.5 Å². The highest BCUT2D eigenvalue weighted by Crippen LogP contribution is 2.26. The summed E-state index contributed by atoms with van der Waals surface area (Å²) in [7, 11) is 0. The van der Waals surface area contributed by atoms with Crippen LogP contribution >= 0.6 is 11.8 Å². The van der Waals surface area contributed by atoms with E-state index in [2.05, 4.69) is 30.3 Å². The van der Waals surface area contributed by atoms with Crippen LogP contribution in [0.25, 0.3) is 10.8 Å². The molecule has 0 bridgehead atoms. The Morgan fingerprint density at radius 2 is 1.40 bits per heavy atom. The number of rotatable bonds is 5. The fraction of sp³-hybridized carbons (Fsp3) is 0.143. The number of nitrogens with zero attached hydrogens (tertiary/aromatic N) is 1. The molecule has 0 aromatic heterocycles. The second-order valence-corrected chi connectivity index (χ2v) is 7.19. The van der Waals surface area contributed by atoms with Crippen LogP contribution in [-0.2, 0) is 0 Å². The molecule has 0 fully saturated rings. The first-order chi connectivity index (χ1) is 12.2. The Hall–Kier alpha value is -2.59. The van der Waals surface area contributed by atoms with Gasteiger partial charge in [0.2, 0.25) is 0 Å². The number of thioether (sulfide) groups is 1. The molecule has 0 unspecified atom stereocenters. The van der Waals surface area contributed by atoms with Crippen LogP contribution in [0.4, 0.5) is 0 Å². The maximum atomic E-state index is 12.3. The standard InChI is InChI=1S/C21H17NO2S/c23-20-18-8-3-4-9-19(18)21(24)22(20)12-5-13-25-17-11-10-15-6-1-2-7-16(15)14-17/h1-4,6-11,14H,5,12-13H2. The van der Waals surface area contributed by atoms with Gasteiger partial charge < -0.3 is 0 Å². The topological polar surface area (TPSA) is 37.4 Å². The fourth-order valence-corrected chi connectivity index (χ4v) is 4.00. The minimum atomic E-state index is -0.170. The van der Waals surface area contributed by atoms with E-state index in [4.69, 9.17) is 0 Å². The van der Waals surface area contributed by atoms with E-state index >= 15 is 0 Å². The summed E-state index contributed by atoms with van der Waals surface area (Å²) in [6.45, 7) is 0.465. The first-order valence-electron chi connectivity index (χ1n) is 8.31. The van der Waals surface area contributed by atoms with Crippen molar-refractivity contribution in [3.63, 3.8) is 0 Å². The molecule has 2 amide bonds. The number of carbonyl (C=O) groups is 2. The van der Waals surface area contributed by atoms with Crippen molar-refractivity contribution in [2.75, 3.05) is 12.3 Å². The van der Waals surface area contributed by atoms with Crippen LogP contribution in [0, 0.1) is 0 Å². The normalized spacial score (nSPS) is 13.5. The van der Waals surface area contributed by atoms with Gasteiger partial charge in [-0.25, -0.2) is 0 Å². The highest BCUT2D eigenvalue weighted by atomic mass is 32.2. The molecule has 3 aromatic rings. The fourth-order valence-electron chi connectivity index (χ4n) is 3.11. The quantitative estimate of drug-likeness (QED) is 0.384. The largest absolute Gasteiger partial charge is 0.274 e. The summed E-state index contributed by atoms with van der Waals surface area (Å²) in [6, 6.07) is 21.8. The molecule has 0 N–H and O–H groups in total. The molecule has 1 aliphatic rings. The van der Waals surface area contributed by atoms with Crippen molar-refractivity contribution in [1.29, 1.82) is 0 Å². The third-order valence-electron chi connectivity index (χ3n) is 4.39. The van der Waals surface area contributed by atoms with Gasteiger partial charge in [-0.05, 0) is 47.2 Å². The molecule has 3 nitrogen and oxygen atoms in total. The van der Waals surface area contributed by atoms with Gasteiger partial charge in [-0.3, -0.25) is 14.5 Å². The van der Waals surface area contributed by atoms with Gasteiger partial charge in [0.1, 0.15) is 0 Å². The van der Waals surface area contributed by atoms with Crippen LogP contribution < -0.4 is 0 Å². The zero-order chi connectivity index (χ0) is 17.2. The maximum Gasteiger partial charge on any atom is 0.261 e. The molecular weight excluding hydrogens is 330 g/mol. The summed E-state index contributed by atoms with van der Waals surface area (Å²) in [5, 5.41) is 2.46. The van der Waals surface area contributed by atoms with E-state index in [1.54, 1.807) is 36.0 Å². The Morgan fingerprint density at radius 1 is 0.760 bits per heavy atom. The lowest BCUT2D eigenvalue weighted by Gasteiger charge is -2.13. The van der Waals surface area contributed by atoms with E-state index in [-0.39, 0.29) is 11.8 Å². The molecular formula is C21H17NO2S. The number of hydrogen-bond acceptors (Lipinski definition) is 3. The summed E-state index contributed by atoms with van der Waals surface area (Å²) in [5.74, 6) is 0.527. The Morgan fingerprint density at radius 3 is 2.12 bits per heavy atom. The number of fused-ring (bicyclic) bond motifs is 2.